The fourth-order valence-corrected chi connectivity index (χ4v) is 0.805. The summed E-state index contributed by atoms with van der Waals surface area (Å²) in [5.41, 5.74) is 0. The second kappa shape index (κ2) is 7.08. The lowest BCUT2D eigenvalue weighted by Crippen LogP contribution is -2.32. The molecule has 0 fully saturated rings. The number of nitrogens with one attached hydrogen (secondary N) is 1. The average Bonchev–Trinajstić information content (AvgIpc) is 2.11. The quantitative estimate of drug-likeness (QED) is 0.600. The van der Waals surface area contributed by atoms with E-state index in [4.69, 9.17) is 9.84 Å². The molecule has 0 aliphatic rings. The number of carbonyl (C=O) groups is 2. The Morgan fingerprint density at radius 2 is 2.14 bits per heavy atom. The maximum Gasteiger partial charge on any atom is 0.328 e. The third-order valence-electron chi connectivity index (χ3n) is 1.52. The number of carbonyl (C=O) groups excluding carboxylic acids is 1. The van der Waals surface area contributed by atoms with Crippen molar-refractivity contribution in [1.82, 2.24) is 5.32 Å². The highest BCUT2D eigenvalue weighted by molar-refractivity contribution is 5.93. The Labute approximate surface area is 82.7 Å². The molecule has 80 valence electrons. The molecular formula is C9H15NO4. The van der Waals surface area contributed by atoms with E-state index in [1.54, 1.807) is 7.11 Å². The van der Waals surface area contributed by atoms with Gasteiger partial charge in [-0.3, -0.25) is 4.79 Å². The number of carboxylic acids is 1. The third-order valence-corrected chi connectivity index (χ3v) is 1.52. The van der Waals surface area contributed by atoms with Crippen molar-refractivity contribution < 1.29 is 19.4 Å². The van der Waals surface area contributed by atoms with Crippen LogP contribution in [0.1, 0.15) is 13.3 Å². The predicted molar refractivity (Wildman–Crippen MR) is 50.9 cm³/mol. The highest BCUT2D eigenvalue weighted by Gasteiger charge is 2.03. The van der Waals surface area contributed by atoms with Crippen molar-refractivity contribution in [2.24, 2.45) is 0 Å². The van der Waals surface area contributed by atoms with E-state index >= 15 is 0 Å². The molecule has 0 bridgehead atoms. The largest absolute Gasteiger partial charge is 0.478 e. The van der Waals surface area contributed by atoms with Crippen molar-refractivity contribution in [3.8, 4) is 0 Å². The molecule has 0 spiro atoms. The topological polar surface area (TPSA) is 75.6 Å². The van der Waals surface area contributed by atoms with E-state index in [-0.39, 0.29) is 6.04 Å². The van der Waals surface area contributed by atoms with Crippen LogP contribution in [0.25, 0.3) is 0 Å². The summed E-state index contributed by atoms with van der Waals surface area (Å²) in [5.74, 6) is -1.54. The third kappa shape index (κ3) is 7.30. The Bertz CT molecular complexity index is 225. The molecule has 0 aromatic rings. The average molecular weight is 201 g/mol. The molecule has 0 aromatic carbocycles. The van der Waals surface area contributed by atoms with E-state index in [9.17, 15) is 9.59 Å². The van der Waals surface area contributed by atoms with Gasteiger partial charge < -0.3 is 15.2 Å². The summed E-state index contributed by atoms with van der Waals surface area (Å²) in [6.07, 6.45) is 2.49. The van der Waals surface area contributed by atoms with Gasteiger partial charge in [0.15, 0.2) is 0 Å². The molecule has 14 heavy (non-hydrogen) atoms. The second-order valence-electron chi connectivity index (χ2n) is 2.86. The number of rotatable bonds is 6. The number of ether oxygens (including phenoxy) is 1. The van der Waals surface area contributed by atoms with Crippen LogP contribution in [0.3, 0.4) is 0 Å². The zero-order chi connectivity index (χ0) is 11.0. The van der Waals surface area contributed by atoms with Gasteiger partial charge in [0.05, 0.1) is 0 Å². The van der Waals surface area contributed by atoms with E-state index in [0.717, 1.165) is 12.2 Å². The first kappa shape index (κ1) is 12.6. The van der Waals surface area contributed by atoms with Crippen LogP contribution in [0.4, 0.5) is 0 Å². The van der Waals surface area contributed by atoms with Crippen molar-refractivity contribution in [3.63, 3.8) is 0 Å². The summed E-state index contributed by atoms with van der Waals surface area (Å²) in [5, 5.41) is 10.9. The fourth-order valence-electron chi connectivity index (χ4n) is 0.805. The van der Waals surface area contributed by atoms with Gasteiger partial charge in [0.25, 0.3) is 0 Å². The Balaban J connectivity index is 3.76. The van der Waals surface area contributed by atoms with E-state index in [0.29, 0.717) is 13.0 Å². The van der Waals surface area contributed by atoms with Crippen molar-refractivity contribution >= 4 is 11.9 Å². The lowest BCUT2D eigenvalue weighted by atomic mass is 10.2. The molecule has 2 N–H and O–H groups in total. The Kier molecular flexibility index (Phi) is 6.39. The van der Waals surface area contributed by atoms with Crippen molar-refractivity contribution in [2.45, 2.75) is 19.4 Å². The molecule has 0 heterocycles. The van der Waals surface area contributed by atoms with Gasteiger partial charge in [-0.25, -0.2) is 4.79 Å². The van der Waals surface area contributed by atoms with Crippen molar-refractivity contribution in [3.05, 3.63) is 12.2 Å². The van der Waals surface area contributed by atoms with Gasteiger partial charge in [-0.1, -0.05) is 0 Å². The standard InChI is InChI=1S/C9H15NO4/c1-7(5-6-14-2)10-8(11)3-4-9(12)13/h3-4,7H,5-6H2,1-2H3,(H,10,11)(H,12,13). The normalized spacial score (nSPS) is 12.7. The van der Waals surface area contributed by atoms with E-state index in [1.165, 1.54) is 0 Å². The molecule has 1 amide bonds. The maximum atomic E-state index is 11.0. The number of amides is 1. The van der Waals surface area contributed by atoms with Crippen LogP contribution in [0.5, 0.6) is 0 Å². The number of carboxylic acid groups (broad SMARTS) is 1. The van der Waals surface area contributed by atoms with E-state index < -0.39 is 11.9 Å². The van der Waals surface area contributed by atoms with Gasteiger partial charge in [0.1, 0.15) is 0 Å². The molecule has 5 heteroatoms. The first-order chi connectivity index (χ1) is 6.56. The molecule has 0 radical (unpaired) electrons. The summed E-state index contributed by atoms with van der Waals surface area (Å²) >= 11 is 0. The second-order valence-corrected chi connectivity index (χ2v) is 2.86. The maximum absolute atomic E-state index is 11.0. The lowest BCUT2D eigenvalue weighted by molar-refractivity contribution is -0.131. The van der Waals surface area contributed by atoms with Gasteiger partial charge >= 0.3 is 5.97 Å². The smallest absolute Gasteiger partial charge is 0.328 e. The van der Waals surface area contributed by atoms with Gasteiger partial charge in [0, 0.05) is 31.9 Å². The van der Waals surface area contributed by atoms with Crippen LogP contribution in [0.15, 0.2) is 12.2 Å². The Morgan fingerprint density at radius 1 is 1.50 bits per heavy atom. The van der Waals surface area contributed by atoms with Crippen LogP contribution in [-0.2, 0) is 14.3 Å². The molecule has 5 nitrogen and oxygen atoms in total. The van der Waals surface area contributed by atoms with Crippen LogP contribution >= 0.6 is 0 Å². The SMILES string of the molecule is COCCC(C)NC(=O)C=CC(=O)O. The van der Waals surface area contributed by atoms with Crippen LogP contribution in [0, 0.1) is 0 Å². The first-order valence-electron chi connectivity index (χ1n) is 4.26. The highest BCUT2D eigenvalue weighted by atomic mass is 16.5. The molecule has 1 atom stereocenters. The minimum Gasteiger partial charge on any atom is -0.478 e. The zero-order valence-electron chi connectivity index (χ0n) is 8.32. The van der Waals surface area contributed by atoms with Gasteiger partial charge in [-0.15, -0.1) is 0 Å². The molecule has 0 aliphatic heterocycles. The lowest BCUT2D eigenvalue weighted by Gasteiger charge is -2.10. The molecule has 0 saturated heterocycles. The summed E-state index contributed by atoms with van der Waals surface area (Å²) in [6.45, 7) is 2.38. The predicted octanol–water partition coefficient (Wildman–Crippen LogP) is 0.168. The molecule has 1 unspecified atom stereocenters. The van der Waals surface area contributed by atoms with Gasteiger partial charge in [-0.05, 0) is 13.3 Å². The Morgan fingerprint density at radius 3 is 2.64 bits per heavy atom. The number of hydrogen-bond acceptors (Lipinski definition) is 3. The van der Waals surface area contributed by atoms with E-state index in [2.05, 4.69) is 5.32 Å². The minimum absolute atomic E-state index is 0.0269. The Hall–Kier alpha value is -1.36. The van der Waals surface area contributed by atoms with Crippen molar-refractivity contribution in [2.75, 3.05) is 13.7 Å². The van der Waals surface area contributed by atoms with Crippen LogP contribution in [0.2, 0.25) is 0 Å². The van der Waals surface area contributed by atoms with Crippen LogP contribution < -0.4 is 5.32 Å². The monoisotopic (exact) mass is 201 g/mol. The van der Waals surface area contributed by atoms with E-state index in [1.807, 2.05) is 6.92 Å². The summed E-state index contributed by atoms with van der Waals surface area (Å²) in [4.78, 5) is 21.1. The zero-order valence-corrected chi connectivity index (χ0v) is 8.32. The molecule has 0 aliphatic carbocycles. The fraction of sp³-hybridized carbons (Fsp3) is 0.556. The van der Waals surface area contributed by atoms with Crippen molar-refractivity contribution in [1.29, 1.82) is 0 Å². The molecule has 0 aromatic heterocycles. The summed E-state index contributed by atoms with van der Waals surface area (Å²) in [6, 6.07) is -0.0269. The molecular weight excluding hydrogens is 186 g/mol. The summed E-state index contributed by atoms with van der Waals surface area (Å²) in [7, 11) is 1.58. The minimum atomic E-state index is -1.13. The van der Waals surface area contributed by atoms with Crippen LogP contribution in [-0.4, -0.2) is 36.7 Å². The van der Waals surface area contributed by atoms with Gasteiger partial charge in [0.2, 0.25) is 5.91 Å². The summed E-state index contributed by atoms with van der Waals surface area (Å²) < 4.78 is 4.83. The molecule has 0 saturated carbocycles. The van der Waals surface area contributed by atoms with Gasteiger partial charge in [-0.2, -0.15) is 0 Å². The first-order valence-corrected chi connectivity index (χ1v) is 4.26. The molecule has 0 rings (SSSR count). The number of hydrogen-bond donors (Lipinski definition) is 2. The number of methoxy groups -OCH3 is 1. The number of aliphatic carboxylic acids is 1. The highest BCUT2D eigenvalue weighted by Crippen LogP contribution is 1.90.